The maximum Gasteiger partial charge on any atom is 0.0220 e. The Kier molecular flexibility index (Phi) is 2.35. The summed E-state index contributed by atoms with van der Waals surface area (Å²) < 4.78 is 0. The van der Waals surface area contributed by atoms with Gasteiger partial charge in [-0.05, 0) is 38.3 Å². The molecular weight excluding hydrogens is 122 g/mol. The lowest BCUT2D eigenvalue weighted by molar-refractivity contribution is 0.159. The van der Waals surface area contributed by atoms with Crippen molar-refractivity contribution in [2.75, 3.05) is 13.1 Å². The molecule has 1 aliphatic rings. The molecule has 0 aromatic heterocycles. The van der Waals surface area contributed by atoms with E-state index in [-0.39, 0.29) is 0 Å². The molecule has 0 atom stereocenters. The van der Waals surface area contributed by atoms with Crippen molar-refractivity contribution in [3.05, 3.63) is 6.54 Å². The van der Waals surface area contributed by atoms with Gasteiger partial charge in [-0.3, -0.25) is 4.90 Å². The largest absolute Gasteiger partial charge is 0.299 e. The second kappa shape index (κ2) is 2.91. The Morgan fingerprint density at radius 2 is 1.70 bits per heavy atom. The lowest BCUT2D eigenvalue weighted by Gasteiger charge is -2.35. The maximum atomic E-state index is 2.41. The van der Waals surface area contributed by atoms with E-state index in [1.165, 1.54) is 25.9 Å². The molecule has 59 valence electrons. The summed E-state index contributed by atoms with van der Waals surface area (Å²) in [4.78, 5) is 2.41. The molecular formula is C9H18N. The van der Waals surface area contributed by atoms with Crippen LogP contribution in [0.25, 0.3) is 0 Å². The lowest BCUT2D eigenvalue weighted by atomic mass is 9.83. The van der Waals surface area contributed by atoms with E-state index in [0.29, 0.717) is 5.41 Å². The van der Waals surface area contributed by atoms with Gasteiger partial charge in [-0.15, -0.1) is 0 Å². The number of rotatable bonds is 1. The Bertz CT molecular complexity index is 97.3. The van der Waals surface area contributed by atoms with Gasteiger partial charge in [0.15, 0.2) is 0 Å². The number of hydrogen-bond donors (Lipinski definition) is 0. The maximum absolute atomic E-state index is 2.41. The molecule has 1 heterocycles. The monoisotopic (exact) mass is 140 g/mol. The summed E-state index contributed by atoms with van der Waals surface area (Å²) in [6.07, 6.45) is 2.69. The molecule has 1 aliphatic heterocycles. The molecule has 0 unspecified atom stereocenters. The smallest absolute Gasteiger partial charge is 0.0220 e. The fourth-order valence-corrected chi connectivity index (χ4v) is 1.39. The van der Waals surface area contributed by atoms with Gasteiger partial charge < -0.3 is 0 Å². The summed E-state index contributed by atoms with van der Waals surface area (Å²) in [6, 6.07) is 0. The van der Waals surface area contributed by atoms with Crippen molar-refractivity contribution in [2.24, 2.45) is 5.41 Å². The summed E-state index contributed by atoms with van der Waals surface area (Å²) in [5.74, 6) is 0. The highest BCUT2D eigenvalue weighted by Crippen LogP contribution is 2.29. The van der Waals surface area contributed by atoms with Crippen LogP contribution in [0.5, 0.6) is 0 Å². The first-order valence-corrected chi connectivity index (χ1v) is 4.18. The van der Waals surface area contributed by atoms with Crippen LogP contribution in [0.3, 0.4) is 0 Å². The lowest BCUT2D eigenvalue weighted by Crippen LogP contribution is -2.34. The zero-order valence-corrected chi connectivity index (χ0v) is 7.35. The van der Waals surface area contributed by atoms with Crippen LogP contribution in [0.4, 0.5) is 0 Å². The SMILES string of the molecule is C[CH]N1CCC(C)(C)CC1. The molecule has 0 aromatic rings. The van der Waals surface area contributed by atoms with Crippen molar-refractivity contribution in [2.45, 2.75) is 33.6 Å². The van der Waals surface area contributed by atoms with Crippen LogP contribution in [-0.4, -0.2) is 18.0 Å². The van der Waals surface area contributed by atoms with Gasteiger partial charge in [-0.25, -0.2) is 0 Å². The average molecular weight is 140 g/mol. The van der Waals surface area contributed by atoms with E-state index in [1.54, 1.807) is 0 Å². The van der Waals surface area contributed by atoms with E-state index in [1.807, 2.05) is 0 Å². The van der Waals surface area contributed by atoms with Crippen LogP contribution in [0, 0.1) is 12.0 Å². The quantitative estimate of drug-likeness (QED) is 0.540. The van der Waals surface area contributed by atoms with Crippen LogP contribution in [0.2, 0.25) is 0 Å². The van der Waals surface area contributed by atoms with Crippen molar-refractivity contribution in [1.82, 2.24) is 4.90 Å². The number of hydrogen-bond acceptors (Lipinski definition) is 1. The summed E-state index contributed by atoms with van der Waals surface area (Å²) in [5.41, 5.74) is 0.597. The highest BCUT2D eigenvalue weighted by molar-refractivity contribution is 4.80. The Balaban J connectivity index is 2.31. The molecule has 1 rings (SSSR count). The standard InChI is InChI=1S/C9H18N/c1-4-10-7-5-9(2,3)6-8-10/h4H,5-8H2,1-3H3. The molecule has 1 radical (unpaired) electrons. The molecule has 1 saturated heterocycles. The summed E-state index contributed by atoms with van der Waals surface area (Å²) in [5, 5.41) is 0. The van der Waals surface area contributed by atoms with Crippen molar-refractivity contribution < 1.29 is 0 Å². The van der Waals surface area contributed by atoms with E-state index in [2.05, 4.69) is 32.2 Å². The Labute approximate surface area is 64.4 Å². The van der Waals surface area contributed by atoms with E-state index in [4.69, 9.17) is 0 Å². The summed E-state index contributed by atoms with van der Waals surface area (Å²) >= 11 is 0. The van der Waals surface area contributed by atoms with Gasteiger partial charge in [0.2, 0.25) is 0 Å². The van der Waals surface area contributed by atoms with Crippen LogP contribution >= 0.6 is 0 Å². The van der Waals surface area contributed by atoms with Gasteiger partial charge in [-0.1, -0.05) is 13.8 Å². The predicted molar refractivity (Wildman–Crippen MR) is 44.6 cm³/mol. The van der Waals surface area contributed by atoms with Gasteiger partial charge >= 0.3 is 0 Å². The predicted octanol–water partition coefficient (Wildman–Crippen LogP) is 2.29. The molecule has 10 heavy (non-hydrogen) atoms. The van der Waals surface area contributed by atoms with Crippen molar-refractivity contribution in [1.29, 1.82) is 0 Å². The molecule has 0 N–H and O–H groups in total. The van der Waals surface area contributed by atoms with Gasteiger partial charge in [0.05, 0.1) is 0 Å². The second-order valence-electron chi connectivity index (χ2n) is 3.96. The number of piperidine rings is 1. The van der Waals surface area contributed by atoms with Gasteiger partial charge in [0.25, 0.3) is 0 Å². The van der Waals surface area contributed by atoms with E-state index in [0.717, 1.165) is 0 Å². The molecule has 0 amide bonds. The summed E-state index contributed by atoms with van der Waals surface area (Å²) in [7, 11) is 0. The number of nitrogens with zero attached hydrogens (tertiary/aromatic N) is 1. The fraction of sp³-hybridized carbons (Fsp3) is 0.889. The number of likely N-dealkylation sites (tertiary alicyclic amines) is 1. The third-order valence-electron chi connectivity index (χ3n) is 2.52. The highest BCUT2D eigenvalue weighted by atomic mass is 15.1. The fourth-order valence-electron chi connectivity index (χ4n) is 1.39. The molecule has 0 aliphatic carbocycles. The second-order valence-corrected chi connectivity index (χ2v) is 3.96. The molecule has 0 bridgehead atoms. The Morgan fingerprint density at radius 1 is 1.20 bits per heavy atom. The molecule has 0 spiro atoms. The van der Waals surface area contributed by atoms with Crippen LogP contribution in [0.15, 0.2) is 0 Å². The minimum Gasteiger partial charge on any atom is -0.299 e. The van der Waals surface area contributed by atoms with E-state index in [9.17, 15) is 0 Å². The normalized spacial score (nSPS) is 26.7. The third-order valence-corrected chi connectivity index (χ3v) is 2.52. The molecule has 1 nitrogen and oxygen atoms in total. The topological polar surface area (TPSA) is 3.24 Å². The van der Waals surface area contributed by atoms with Gasteiger partial charge in [-0.2, -0.15) is 0 Å². The molecule has 1 fully saturated rings. The average Bonchev–Trinajstić information content (AvgIpc) is 1.88. The minimum atomic E-state index is 0.597. The minimum absolute atomic E-state index is 0.597. The van der Waals surface area contributed by atoms with Gasteiger partial charge in [0.1, 0.15) is 0 Å². The van der Waals surface area contributed by atoms with Crippen molar-refractivity contribution >= 4 is 0 Å². The first-order chi connectivity index (χ1) is 4.64. The third kappa shape index (κ3) is 1.98. The van der Waals surface area contributed by atoms with E-state index >= 15 is 0 Å². The zero-order valence-electron chi connectivity index (χ0n) is 7.35. The molecule has 0 aromatic carbocycles. The Morgan fingerprint density at radius 3 is 2.10 bits per heavy atom. The van der Waals surface area contributed by atoms with Crippen LogP contribution in [0.1, 0.15) is 33.6 Å². The van der Waals surface area contributed by atoms with E-state index < -0.39 is 0 Å². The first kappa shape index (κ1) is 8.06. The van der Waals surface area contributed by atoms with Crippen LogP contribution in [-0.2, 0) is 0 Å². The molecule has 1 heteroatoms. The zero-order chi connectivity index (χ0) is 7.61. The van der Waals surface area contributed by atoms with Crippen LogP contribution < -0.4 is 0 Å². The Hall–Kier alpha value is -0.0400. The van der Waals surface area contributed by atoms with Gasteiger partial charge in [0, 0.05) is 6.54 Å². The van der Waals surface area contributed by atoms with Crippen molar-refractivity contribution in [3.63, 3.8) is 0 Å². The first-order valence-electron chi connectivity index (χ1n) is 4.18. The molecule has 0 saturated carbocycles. The highest BCUT2D eigenvalue weighted by Gasteiger charge is 2.24. The summed E-state index contributed by atoms with van der Waals surface area (Å²) in [6.45, 7) is 11.6. The van der Waals surface area contributed by atoms with Crippen molar-refractivity contribution in [3.8, 4) is 0 Å².